The summed E-state index contributed by atoms with van der Waals surface area (Å²) >= 11 is 0. The van der Waals surface area contributed by atoms with Crippen molar-refractivity contribution in [3.8, 4) is 0 Å². The lowest BCUT2D eigenvalue weighted by atomic mass is 10.1. The number of hydrogen-bond donors (Lipinski definition) is 3. The molecule has 1 saturated heterocycles. The molecule has 2 aliphatic heterocycles. The highest BCUT2D eigenvalue weighted by Gasteiger charge is 2.22. The van der Waals surface area contributed by atoms with Gasteiger partial charge < -0.3 is 20.9 Å². The van der Waals surface area contributed by atoms with E-state index in [0.29, 0.717) is 28.3 Å². The van der Waals surface area contributed by atoms with E-state index < -0.39 is 0 Å². The fraction of sp³-hybridized carbons (Fsp3) is 0.278. The summed E-state index contributed by atoms with van der Waals surface area (Å²) in [6, 6.07) is 4.56. The van der Waals surface area contributed by atoms with Crippen LogP contribution in [0.4, 0.5) is 17.2 Å². The molecule has 9 heteroatoms. The molecule has 0 bridgehead atoms. The number of hydrogen-bond acceptors (Lipinski definition) is 6. The van der Waals surface area contributed by atoms with E-state index in [1.165, 1.54) is 18.5 Å². The summed E-state index contributed by atoms with van der Waals surface area (Å²) in [5.74, 6) is -0.374. The van der Waals surface area contributed by atoms with E-state index in [4.69, 9.17) is 0 Å². The molecule has 2 aliphatic rings. The van der Waals surface area contributed by atoms with Crippen LogP contribution in [-0.4, -0.2) is 47.3 Å². The Morgan fingerprint density at radius 1 is 1.19 bits per heavy atom. The molecule has 9 nitrogen and oxygen atoms in total. The summed E-state index contributed by atoms with van der Waals surface area (Å²) in [4.78, 5) is 46.8. The number of rotatable bonds is 3. The molecule has 0 spiro atoms. The molecule has 1 fully saturated rings. The molecular weight excluding hydrogens is 348 g/mol. The molecule has 0 radical (unpaired) electrons. The minimum Gasteiger partial charge on any atom is -0.355 e. The maximum Gasteiger partial charge on any atom is 0.255 e. The number of nitrogens with zero attached hydrogens (tertiary/aromatic N) is 3. The first kappa shape index (κ1) is 17.0. The Hall–Kier alpha value is -3.49. The van der Waals surface area contributed by atoms with Gasteiger partial charge >= 0.3 is 0 Å². The molecule has 0 atom stereocenters. The number of amides is 3. The van der Waals surface area contributed by atoms with Gasteiger partial charge in [0.25, 0.3) is 11.8 Å². The second-order valence-corrected chi connectivity index (χ2v) is 6.40. The van der Waals surface area contributed by atoms with Crippen molar-refractivity contribution in [2.45, 2.75) is 12.8 Å². The van der Waals surface area contributed by atoms with Crippen LogP contribution in [-0.2, 0) is 4.79 Å². The highest BCUT2D eigenvalue weighted by molar-refractivity contribution is 6.11. The van der Waals surface area contributed by atoms with Gasteiger partial charge in [0.05, 0.1) is 24.0 Å². The van der Waals surface area contributed by atoms with Crippen LogP contribution in [0, 0.1) is 0 Å². The number of nitrogens with one attached hydrogen (secondary N) is 3. The van der Waals surface area contributed by atoms with Gasteiger partial charge in [-0.2, -0.15) is 0 Å². The minimum atomic E-state index is -0.369. The largest absolute Gasteiger partial charge is 0.355 e. The molecule has 0 aliphatic carbocycles. The van der Waals surface area contributed by atoms with Gasteiger partial charge in [-0.25, -0.2) is 9.97 Å². The van der Waals surface area contributed by atoms with E-state index >= 15 is 0 Å². The molecule has 3 heterocycles. The van der Waals surface area contributed by atoms with Crippen LogP contribution < -0.4 is 20.9 Å². The zero-order valence-corrected chi connectivity index (χ0v) is 14.5. The van der Waals surface area contributed by atoms with Gasteiger partial charge in [0.15, 0.2) is 5.82 Å². The van der Waals surface area contributed by atoms with Crippen molar-refractivity contribution in [1.29, 1.82) is 0 Å². The average molecular weight is 366 g/mol. The monoisotopic (exact) mass is 366 g/mol. The summed E-state index contributed by atoms with van der Waals surface area (Å²) < 4.78 is 0. The lowest BCUT2D eigenvalue weighted by Crippen LogP contribution is -2.28. The van der Waals surface area contributed by atoms with Crippen LogP contribution in [0.15, 0.2) is 30.7 Å². The van der Waals surface area contributed by atoms with Crippen LogP contribution in [0.25, 0.3) is 0 Å². The highest BCUT2D eigenvalue weighted by atomic mass is 16.2. The second kappa shape index (κ2) is 7.02. The molecular formula is C18H18N6O3. The predicted molar refractivity (Wildman–Crippen MR) is 98.8 cm³/mol. The Balaban J connectivity index is 1.59. The Labute approximate surface area is 155 Å². The number of carbonyl (C=O) groups is 3. The van der Waals surface area contributed by atoms with Crippen molar-refractivity contribution in [3.05, 3.63) is 41.9 Å². The quantitative estimate of drug-likeness (QED) is 0.747. The molecule has 3 amide bonds. The zero-order chi connectivity index (χ0) is 18.8. The number of carbonyl (C=O) groups excluding carboxylic acids is 3. The van der Waals surface area contributed by atoms with Crippen LogP contribution in [0.5, 0.6) is 0 Å². The van der Waals surface area contributed by atoms with Crippen molar-refractivity contribution in [2.24, 2.45) is 0 Å². The van der Waals surface area contributed by atoms with Crippen molar-refractivity contribution in [3.63, 3.8) is 0 Å². The first-order valence-corrected chi connectivity index (χ1v) is 8.70. The lowest BCUT2D eigenvalue weighted by Gasteiger charge is -2.19. The van der Waals surface area contributed by atoms with Gasteiger partial charge in [-0.3, -0.25) is 14.4 Å². The maximum absolute atomic E-state index is 12.7. The third kappa shape index (κ3) is 3.43. The molecule has 138 valence electrons. The lowest BCUT2D eigenvalue weighted by molar-refractivity contribution is -0.115. The third-order valence-electron chi connectivity index (χ3n) is 4.55. The molecule has 2 aromatic rings. The van der Waals surface area contributed by atoms with Crippen molar-refractivity contribution >= 4 is 34.9 Å². The summed E-state index contributed by atoms with van der Waals surface area (Å²) in [7, 11) is 0. The van der Waals surface area contributed by atoms with Crippen LogP contribution in [0.3, 0.4) is 0 Å². The molecule has 27 heavy (non-hydrogen) atoms. The average Bonchev–Trinajstić information content (AvgIpc) is 3.16. The maximum atomic E-state index is 12.7. The third-order valence-corrected chi connectivity index (χ3v) is 4.55. The zero-order valence-electron chi connectivity index (χ0n) is 14.5. The van der Waals surface area contributed by atoms with Crippen LogP contribution in [0.2, 0.25) is 0 Å². The first-order chi connectivity index (χ1) is 13.1. The number of fused-ring (bicyclic) bond motifs is 1. The van der Waals surface area contributed by atoms with Gasteiger partial charge in [-0.05, 0) is 31.0 Å². The summed E-state index contributed by atoms with van der Waals surface area (Å²) in [6.07, 6.45) is 5.20. The van der Waals surface area contributed by atoms with E-state index in [-0.39, 0.29) is 24.3 Å². The molecule has 0 unspecified atom stereocenters. The highest BCUT2D eigenvalue weighted by Crippen LogP contribution is 2.26. The Morgan fingerprint density at radius 3 is 2.81 bits per heavy atom. The van der Waals surface area contributed by atoms with E-state index in [0.717, 1.165) is 25.9 Å². The predicted octanol–water partition coefficient (Wildman–Crippen LogP) is 1.01. The van der Waals surface area contributed by atoms with E-state index in [1.54, 1.807) is 12.3 Å². The minimum absolute atomic E-state index is 0.102. The SMILES string of the molecule is O=C1CNC(=O)c2ccc(C(=O)Nc3cncnc3N3CCCC3)cc2N1. The molecule has 0 saturated carbocycles. The normalized spacial score (nSPS) is 16.2. The van der Waals surface area contributed by atoms with Crippen LogP contribution >= 0.6 is 0 Å². The summed E-state index contributed by atoms with van der Waals surface area (Å²) in [5, 5.41) is 7.97. The number of benzene rings is 1. The number of aromatic nitrogens is 2. The fourth-order valence-corrected chi connectivity index (χ4v) is 3.22. The van der Waals surface area contributed by atoms with E-state index in [1.807, 2.05) is 0 Å². The van der Waals surface area contributed by atoms with Gasteiger partial charge in [0, 0.05) is 18.7 Å². The van der Waals surface area contributed by atoms with Crippen LogP contribution in [0.1, 0.15) is 33.6 Å². The van der Waals surface area contributed by atoms with Crippen molar-refractivity contribution in [2.75, 3.05) is 35.2 Å². The van der Waals surface area contributed by atoms with Gasteiger partial charge in [-0.15, -0.1) is 0 Å². The fourth-order valence-electron chi connectivity index (χ4n) is 3.22. The summed E-state index contributed by atoms with van der Waals surface area (Å²) in [6.45, 7) is 1.68. The van der Waals surface area contributed by atoms with E-state index in [2.05, 4.69) is 30.8 Å². The van der Waals surface area contributed by atoms with Gasteiger partial charge in [-0.1, -0.05) is 0 Å². The Bertz CT molecular complexity index is 923. The van der Waals surface area contributed by atoms with Gasteiger partial charge in [0.1, 0.15) is 12.0 Å². The molecule has 3 N–H and O–H groups in total. The smallest absolute Gasteiger partial charge is 0.255 e. The van der Waals surface area contributed by atoms with E-state index in [9.17, 15) is 14.4 Å². The molecule has 1 aromatic heterocycles. The van der Waals surface area contributed by atoms with Gasteiger partial charge in [0.2, 0.25) is 5.91 Å². The van der Waals surface area contributed by atoms with Crippen molar-refractivity contribution < 1.29 is 14.4 Å². The molecule has 4 rings (SSSR count). The Kier molecular flexibility index (Phi) is 4.41. The number of anilines is 3. The Morgan fingerprint density at radius 2 is 2.00 bits per heavy atom. The van der Waals surface area contributed by atoms with Crippen molar-refractivity contribution in [1.82, 2.24) is 15.3 Å². The standard InChI is InChI=1S/C18H18N6O3/c25-15-9-20-18(27)12-4-3-11(7-13(12)22-15)17(26)23-14-8-19-10-21-16(14)24-5-1-2-6-24/h3-4,7-8,10H,1-2,5-6,9H2,(H,20,27)(H,22,25)(H,23,26). The summed E-state index contributed by atoms with van der Waals surface area (Å²) in [5.41, 5.74) is 1.48. The second-order valence-electron chi connectivity index (χ2n) is 6.40. The topological polar surface area (TPSA) is 116 Å². The molecule has 1 aromatic carbocycles. The first-order valence-electron chi connectivity index (χ1n) is 8.70.